The number of anilines is 1. The van der Waals surface area contributed by atoms with E-state index >= 15 is 0 Å². The van der Waals surface area contributed by atoms with Gasteiger partial charge in [0, 0.05) is 17.5 Å². The largest absolute Gasteiger partial charge is 0.481 e. The average molecular weight is 273 g/mol. The molecule has 0 bridgehead atoms. The SMILES string of the molecule is COc1nccc2c1CC(=O)Nc1cc(C)nc(F)c1-2. The van der Waals surface area contributed by atoms with Crippen molar-refractivity contribution in [3.05, 3.63) is 35.5 Å². The number of nitrogens with zero attached hydrogens (tertiary/aromatic N) is 2. The van der Waals surface area contributed by atoms with Crippen molar-refractivity contribution in [2.45, 2.75) is 13.3 Å². The number of carbonyl (C=O) groups is 1. The van der Waals surface area contributed by atoms with Gasteiger partial charge in [0.05, 0.1) is 24.8 Å². The minimum absolute atomic E-state index is 0.0829. The third-order valence-electron chi connectivity index (χ3n) is 3.19. The summed E-state index contributed by atoms with van der Waals surface area (Å²) in [4.78, 5) is 19.9. The molecule has 1 aliphatic heterocycles. The Morgan fingerprint density at radius 2 is 2.25 bits per heavy atom. The number of pyridine rings is 2. The summed E-state index contributed by atoms with van der Waals surface area (Å²) in [5, 5.41) is 2.70. The number of fused-ring (bicyclic) bond motifs is 3. The highest BCUT2D eigenvalue weighted by Gasteiger charge is 2.25. The number of carbonyl (C=O) groups excluding carboxylic acids is 1. The van der Waals surface area contributed by atoms with Gasteiger partial charge in [-0.25, -0.2) is 9.97 Å². The standard InChI is InChI=1S/C14H12FN3O2/c1-7-5-10-12(13(15)17-7)8-3-4-16-14(20-2)9(8)6-11(19)18-10/h3-5H,6H2,1-2H3,(H,18,19). The summed E-state index contributed by atoms with van der Waals surface area (Å²) in [5.74, 6) is -0.525. The monoisotopic (exact) mass is 273 g/mol. The number of rotatable bonds is 1. The Bertz CT molecular complexity index is 716. The highest BCUT2D eigenvalue weighted by atomic mass is 19.1. The van der Waals surface area contributed by atoms with Crippen LogP contribution in [0.4, 0.5) is 10.1 Å². The second-order valence-corrected chi connectivity index (χ2v) is 4.55. The van der Waals surface area contributed by atoms with Crippen molar-refractivity contribution in [1.29, 1.82) is 0 Å². The zero-order valence-corrected chi connectivity index (χ0v) is 11.0. The molecule has 2 aromatic heterocycles. The number of hydrogen-bond acceptors (Lipinski definition) is 4. The van der Waals surface area contributed by atoms with Gasteiger partial charge in [-0.05, 0) is 24.6 Å². The van der Waals surface area contributed by atoms with Crippen molar-refractivity contribution in [2.75, 3.05) is 12.4 Å². The maximum absolute atomic E-state index is 14.2. The number of ether oxygens (including phenoxy) is 1. The third-order valence-corrected chi connectivity index (χ3v) is 3.19. The van der Waals surface area contributed by atoms with Crippen LogP contribution in [0.2, 0.25) is 0 Å². The Hall–Kier alpha value is -2.50. The molecule has 0 fully saturated rings. The molecule has 0 saturated heterocycles. The van der Waals surface area contributed by atoms with E-state index in [-0.39, 0.29) is 17.9 Å². The molecule has 1 amide bonds. The Labute approximate surface area is 114 Å². The van der Waals surface area contributed by atoms with E-state index in [1.807, 2.05) is 0 Å². The molecule has 102 valence electrons. The molecule has 1 N–H and O–H groups in total. The summed E-state index contributed by atoms with van der Waals surface area (Å²) < 4.78 is 19.4. The molecule has 0 atom stereocenters. The average Bonchev–Trinajstić information content (AvgIpc) is 2.53. The van der Waals surface area contributed by atoms with Gasteiger partial charge in [-0.1, -0.05) is 0 Å². The van der Waals surface area contributed by atoms with Crippen LogP contribution < -0.4 is 10.1 Å². The Morgan fingerprint density at radius 3 is 3.00 bits per heavy atom. The van der Waals surface area contributed by atoms with Crippen LogP contribution in [0.3, 0.4) is 0 Å². The molecule has 0 radical (unpaired) electrons. The predicted octanol–water partition coefficient (Wildman–Crippen LogP) is 2.09. The van der Waals surface area contributed by atoms with Crippen molar-refractivity contribution < 1.29 is 13.9 Å². The maximum atomic E-state index is 14.2. The molecular weight excluding hydrogens is 261 g/mol. The van der Waals surface area contributed by atoms with E-state index in [2.05, 4.69) is 15.3 Å². The zero-order chi connectivity index (χ0) is 14.3. The third kappa shape index (κ3) is 1.89. The van der Waals surface area contributed by atoms with Crippen LogP contribution in [0.25, 0.3) is 11.1 Å². The summed E-state index contributed by atoms with van der Waals surface area (Å²) in [6.45, 7) is 1.68. The first-order valence-corrected chi connectivity index (χ1v) is 6.09. The van der Waals surface area contributed by atoms with Crippen molar-refractivity contribution >= 4 is 11.6 Å². The van der Waals surface area contributed by atoms with Gasteiger partial charge in [0.15, 0.2) is 0 Å². The second kappa shape index (κ2) is 4.56. The first-order chi connectivity index (χ1) is 9.60. The summed E-state index contributed by atoms with van der Waals surface area (Å²) in [6.07, 6.45) is 1.61. The van der Waals surface area contributed by atoms with Crippen LogP contribution in [0.15, 0.2) is 18.3 Å². The van der Waals surface area contributed by atoms with E-state index in [9.17, 15) is 9.18 Å². The Balaban J connectivity index is 2.36. The van der Waals surface area contributed by atoms with E-state index in [4.69, 9.17) is 4.74 Å². The van der Waals surface area contributed by atoms with Crippen molar-refractivity contribution in [1.82, 2.24) is 9.97 Å². The minimum atomic E-state index is -0.614. The molecule has 6 heteroatoms. The smallest absolute Gasteiger partial charge is 0.229 e. The predicted molar refractivity (Wildman–Crippen MR) is 71.0 cm³/mol. The second-order valence-electron chi connectivity index (χ2n) is 4.55. The highest BCUT2D eigenvalue weighted by molar-refractivity contribution is 6.01. The van der Waals surface area contributed by atoms with Crippen LogP contribution in [0.1, 0.15) is 11.3 Å². The summed E-state index contributed by atoms with van der Waals surface area (Å²) in [6, 6.07) is 3.31. The van der Waals surface area contributed by atoms with E-state index in [1.54, 1.807) is 19.1 Å². The van der Waals surface area contributed by atoms with Gasteiger partial charge >= 0.3 is 0 Å². The van der Waals surface area contributed by atoms with Crippen LogP contribution in [-0.4, -0.2) is 23.0 Å². The first-order valence-electron chi connectivity index (χ1n) is 6.09. The van der Waals surface area contributed by atoms with Gasteiger partial charge in [-0.2, -0.15) is 4.39 Å². The molecule has 0 aliphatic carbocycles. The number of halogens is 1. The Kier molecular flexibility index (Phi) is 2.85. The molecule has 3 rings (SSSR count). The lowest BCUT2D eigenvalue weighted by Gasteiger charge is -2.11. The minimum Gasteiger partial charge on any atom is -0.481 e. The lowest BCUT2D eigenvalue weighted by Crippen LogP contribution is -2.13. The number of nitrogens with one attached hydrogen (secondary N) is 1. The molecule has 3 heterocycles. The molecule has 0 aromatic carbocycles. The molecule has 0 unspecified atom stereocenters. The lowest BCUT2D eigenvalue weighted by atomic mass is 10.0. The fourth-order valence-corrected chi connectivity index (χ4v) is 2.40. The van der Waals surface area contributed by atoms with Crippen LogP contribution in [0.5, 0.6) is 5.88 Å². The number of amides is 1. The van der Waals surface area contributed by atoms with Crippen LogP contribution in [0, 0.1) is 12.9 Å². The molecule has 0 saturated carbocycles. The number of aryl methyl sites for hydroxylation is 1. The normalized spacial score (nSPS) is 13.1. The fraction of sp³-hybridized carbons (Fsp3) is 0.214. The summed E-state index contributed by atoms with van der Waals surface area (Å²) >= 11 is 0. The van der Waals surface area contributed by atoms with E-state index in [0.717, 1.165) is 0 Å². The van der Waals surface area contributed by atoms with E-state index < -0.39 is 5.95 Å². The molecular formula is C14H12FN3O2. The van der Waals surface area contributed by atoms with Crippen LogP contribution in [-0.2, 0) is 11.2 Å². The maximum Gasteiger partial charge on any atom is 0.229 e. The quantitative estimate of drug-likeness (QED) is 0.808. The van der Waals surface area contributed by atoms with Gasteiger partial charge < -0.3 is 10.1 Å². The topological polar surface area (TPSA) is 64.1 Å². The van der Waals surface area contributed by atoms with Gasteiger partial charge in [-0.15, -0.1) is 0 Å². The summed E-state index contributed by atoms with van der Waals surface area (Å²) in [7, 11) is 1.47. The highest BCUT2D eigenvalue weighted by Crippen LogP contribution is 2.38. The van der Waals surface area contributed by atoms with Gasteiger partial charge in [-0.3, -0.25) is 4.79 Å². The molecule has 2 aromatic rings. The number of methoxy groups -OCH3 is 1. The molecule has 1 aliphatic rings. The Morgan fingerprint density at radius 1 is 1.45 bits per heavy atom. The van der Waals surface area contributed by atoms with Gasteiger partial charge in [0.1, 0.15) is 0 Å². The fourth-order valence-electron chi connectivity index (χ4n) is 2.40. The first kappa shape index (κ1) is 12.5. The lowest BCUT2D eigenvalue weighted by molar-refractivity contribution is -0.115. The number of hydrogen-bond donors (Lipinski definition) is 1. The van der Waals surface area contributed by atoms with E-state index in [1.165, 1.54) is 13.3 Å². The summed E-state index contributed by atoms with van der Waals surface area (Å²) in [5.41, 5.74) is 2.35. The molecule has 0 spiro atoms. The zero-order valence-electron chi connectivity index (χ0n) is 11.0. The van der Waals surface area contributed by atoms with Crippen molar-refractivity contribution in [2.24, 2.45) is 0 Å². The molecule has 20 heavy (non-hydrogen) atoms. The van der Waals surface area contributed by atoms with E-state index in [0.29, 0.717) is 28.4 Å². The van der Waals surface area contributed by atoms with Crippen LogP contribution >= 0.6 is 0 Å². The van der Waals surface area contributed by atoms with Gasteiger partial charge in [0.2, 0.25) is 17.7 Å². The molecule has 5 nitrogen and oxygen atoms in total. The van der Waals surface area contributed by atoms with Crippen molar-refractivity contribution in [3.63, 3.8) is 0 Å². The van der Waals surface area contributed by atoms with Crippen molar-refractivity contribution in [3.8, 4) is 17.0 Å². The van der Waals surface area contributed by atoms with Gasteiger partial charge in [0.25, 0.3) is 0 Å². The number of aromatic nitrogens is 2.